The van der Waals surface area contributed by atoms with Crippen molar-refractivity contribution in [3.63, 3.8) is 0 Å². The molecule has 2 saturated heterocycles. The number of hydrogen-bond donors (Lipinski definition) is 1. The van der Waals surface area contributed by atoms with Crippen LogP contribution in [0.3, 0.4) is 0 Å². The van der Waals surface area contributed by atoms with Crippen molar-refractivity contribution in [1.29, 1.82) is 0 Å². The van der Waals surface area contributed by atoms with Crippen molar-refractivity contribution in [2.75, 3.05) is 39.9 Å². The van der Waals surface area contributed by atoms with Crippen molar-refractivity contribution in [2.45, 2.75) is 51.4 Å². The SMILES string of the molecule is CN=C(NCCn1cc(C)cn1)N1CCC(OCC2CCCO2)CC1. The van der Waals surface area contributed by atoms with E-state index in [1.54, 1.807) is 0 Å². The van der Waals surface area contributed by atoms with Crippen molar-refractivity contribution >= 4 is 5.96 Å². The van der Waals surface area contributed by atoms with Crippen molar-refractivity contribution in [1.82, 2.24) is 20.0 Å². The number of ether oxygens (including phenoxy) is 2. The molecule has 7 heteroatoms. The highest BCUT2D eigenvalue weighted by Crippen LogP contribution is 2.17. The van der Waals surface area contributed by atoms with Crippen molar-refractivity contribution < 1.29 is 9.47 Å². The molecule has 3 rings (SSSR count). The normalized spacial score (nSPS) is 22.6. The molecule has 1 aromatic heterocycles. The molecule has 0 radical (unpaired) electrons. The molecule has 3 heterocycles. The van der Waals surface area contributed by atoms with Gasteiger partial charge in [0.2, 0.25) is 0 Å². The topological polar surface area (TPSA) is 63.9 Å². The van der Waals surface area contributed by atoms with E-state index < -0.39 is 0 Å². The first kappa shape index (κ1) is 18.2. The predicted octanol–water partition coefficient (Wildman–Crippen LogP) is 1.43. The van der Waals surface area contributed by atoms with Gasteiger partial charge >= 0.3 is 0 Å². The maximum absolute atomic E-state index is 6.05. The summed E-state index contributed by atoms with van der Waals surface area (Å²) in [5.41, 5.74) is 1.19. The fourth-order valence-corrected chi connectivity index (χ4v) is 3.46. The van der Waals surface area contributed by atoms with Crippen LogP contribution in [0.1, 0.15) is 31.2 Å². The monoisotopic (exact) mass is 349 g/mol. The van der Waals surface area contributed by atoms with Gasteiger partial charge in [-0.3, -0.25) is 9.67 Å². The summed E-state index contributed by atoms with van der Waals surface area (Å²) in [6.45, 7) is 7.33. The van der Waals surface area contributed by atoms with Gasteiger partial charge < -0.3 is 19.7 Å². The minimum Gasteiger partial charge on any atom is -0.376 e. The van der Waals surface area contributed by atoms with Crippen LogP contribution in [0, 0.1) is 6.92 Å². The Hall–Kier alpha value is -1.60. The van der Waals surface area contributed by atoms with Gasteiger partial charge in [-0.1, -0.05) is 0 Å². The molecule has 1 unspecified atom stereocenters. The molecule has 25 heavy (non-hydrogen) atoms. The van der Waals surface area contributed by atoms with Crippen molar-refractivity contribution in [2.24, 2.45) is 4.99 Å². The molecular weight excluding hydrogens is 318 g/mol. The minimum atomic E-state index is 0.318. The van der Waals surface area contributed by atoms with Gasteiger partial charge in [-0.2, -0.15) is 5.10 Å². The van der Waals surface area contributed by atoms with Crippen molar-refractivity contribution in [3.8, 4) is 0 Å². The first-order valence-corrected chi connectivity index (χ1v) is 9.42. The van der Waals surface area contributed by atoms with Gasteiger partial charge in [-0.15, -0.1) is 0 Å². The Morgan fingerprint density at radius 3 is 2.88 bits per heavy atom. The highest BCUT2D eigenvalue weighted by Gasteiger charge is 2.24. The molecule has 2 fully saturated rings. The van der Waals surface area contributed by atoms with E-state index in [0.29, 0.717) is 12.2 Å². The Bertz CT molecular complexity index is 545. The third-order valence-corrected chi connectivity index (χ3v) is 4.88. The van der Waals surface area contributed by atoms with Crippen LogP contribution in [0.25, 0.3) is 0 Å². The lowest BCUT2D eigenvalue weighted by Gasteiger charge is -2.34. The lowest BCUT2D eigenvalue weighted by atomic mass is 10.1. The van der Waals surface area contributed by atoms with Gasteiger partial charge in [0, 0.05) is 39.5 Å². The van der Waals surface area contributed by atoms with E-state index >= 15 is 0 Å². The minimum absolute atomic E-state index is 0.318. The third kappa shape index (κ3) is 5.44. The first-order chi connectivity index (χ1) is 12.2. The summed E-state index contributed by atoms with van der Waals surface area (Å²) in [6.07, 6.45) is 9.02. The molecule has 0 saturated carbocycles. The van der Waals surface area contributed by atoms with Crippen LogP contribution in [-0.2, 0) is 16.0 Å². The summed E-state index contributed by atoms with van der Waals surface area (Å²) in [4.78, 5) is 6.74. The van der Waals surface area contributed by atoms with Gasteiger partial charge in [-0.25, -0.2) is 0 Å². The van der Waals surface area contributed by atoms with Crippen molar-refractivity contribution in [3.05, 3.63) is 18.0 Å². The Kier molecular flexibility index (Phi) is 6.69. The summed E-state index contributed by atoms with van der Waals surface area (Å²) < 4.78 is 13.6. The van der Waals surface area contributed by atoms with Crippen LogP contribution in [0.4, 0.5) is 0 Å². The van der Waals surface area contributed by atoms with E-state index in [1.807, 2.05) is 17.9 Å². The van der Waals surface area contributed by atoms with Gasteiger partial charge in [0.25, 0.3) is 0 Å². The Morgan fingerprint density at radius 1 is 1.40 bits per heavy atom. The molecule has 0 aromatic carbocycles. The summed E-state index contributed by atoms with van der Waals surface area (Å²) in [7, 11) is 1.85. The summed E-state index contributed by atoms with van der Waals surface area (Å²) in [5, 5.41) is 7.75. The highest BCUT2D eigenvalue weighted by molar-refractivity contribution is 5.79. The van der Waals surface area contributed by atoms with E-state index in [4.69, 9.17) is 9.47 Å². The number of aliphatic imine (C=N–C) groups is 1. The average molecular weight is 349 g/mol. The predicted molar refractivity (Wildman–Crippen MR) is 97.8 cm³/mol. The Labute approximate surface area is 150 Å². The Morgan fingerprint density at radius 2 is 2.24 bits per heavy atom. The lowest BCUT2D eigenvalue weighted by Crippen LogP contribution is -2.47. The smallest absolute Gasteiger partial charge is 0.193 e. The fourth-order valence-electron chi connectivity index (χ4n) is 3.46. The average Bonchev–Trinajstić information content (AvgIpc) is 3.29. The van der Waals surface area contributed by atoms with E-state index in [1.165, 1.54) is 12.0 Å². The molecule has 0 amide bonds. The number of aromatic nitrogens is 2. The number of aryl methyl sites for hydroxylation is 1. The molecule has 7 nitrogen and oxygen atoms in total. The molecule has 2 aliphatic rings. The maximum Gasteiger partial charge on any atom is 0.193 e. The van der Waals surface area contributed by atoms with E-state index in [9.17, 15) is 0 Å². The summed E-state index contributed by atoms with van der Waals surface area (Å²) >= 11 is 0. The maximum atomic E-state index is 6.05. The van der Waals surface area contributed by atoms with Crippen LogP contribution in [-0.4, -0.2) is 72.7 Å². The van der Waals surface area contributed by atoms with Crippen LogP contribution >= 0.6 is 0 Å². The fraction of sp³-hybridized carbons (Fsp3) is 0.778. The number of nitrogens with one attached hydrogen (secondary N) is 1. The molecule has 0 spiro atoms. The number of hydrogen-bond acceptors (Lipinski definition) is 4. The van der Waals surface area contributed by atoms with Crippen LogP contribution < -0.4 is 5.32 Å². The number of piperidine rings is 1. The Balaban J connectivity index is 1.35. The van der Waals surface area contributed by atoms with Gasteiger partial charge in [0.15, 0.2) is 5.96 Å². The second-order valence-corrected chi connectivity index (χ2v) is 6.91. The van der Waals surface area contributed by atoms with Gasteiger partial charge in [0.05, 0.1) is 31.6 Å². The van der Waals surface area contributed by atoms with E-state index in [-0.39, 0.29) is 0 Å². The standard InChI is InChI=1S/C18H31N5O2/c1-15-12-21-23(13-15)10-7-20-18(19-2)22-8-5-16(6-9-22)25-14-17-4-3-11-24-17/h12-13,16-17H,3-11,14H2,1-2H3,(H,19,20). The van der Waals surface area contributed by atoms with Gasteiger partial charge in [0.1, 0.15) is 0 Å². The summed E-state index contributed by atoms with van der Waals surface area (Å²) in [6, 6.07) is 0. The van der Waals surface area contributed by atoms with Gasteiger partial charge in [-0.05, 0) is 38.2 Å². The second-order valence-electron chi connectivity index (χ2n) is 6.91. The number of guanidine groups is 1. The molecule has 1 N–H and O–H groups in total. The molecule has 1 aromatic rings. The van der Waals surface area contributed by atoms with Crippen LogP contribution in [0.15, 0.2) is 17.4 Å². The zero-order valence-corrected chi connectivity index (χ0v) is 15.5. The second kappa shape index (κ2) is 9.20. The molecular formula is C18H31N5O2. The molecule has 140 valence electrons. The van der Waals surface area contributed by atoms with Crippen LogP contribution in [0.5, 0.6) is 0 Å². The largest absolute Gasteiger partial charge is 0.376 e. The van der Waals surface area contributed by atoms with E-state index in [2.05, 4.69) is 33.4 Å². The quantitative estimate of drug-likeness (QED) is 0.622. The summed E-state index contributed by atoms with van der Waals surface area (Å²) in [5.74, 6) is 0.974. The first-order valence-electron chi connectivity index (χ1n) is 9.42. The third-order valence-electron chi connectivity index (χ3n) is 4.88. The molecule has 0 aliphatic carbocycles. The van der Waals surface area contributed by atoms with E-state index in [0.717, 1.165) is 64.6 Å². The molecule has 2 aliphatic heterocycles. The molecule has 1 atom stereocenters. The highest BCUT2D eigenvalue weighted by atomic mass is 16.5. The lowest BCUT2D eigenvalue weighted by molar-refractivity contribution is -0.0367. The molecule has 0 bridgehead atoms. The zero-order chi connectivity index (χ0) is 17.5. The number of nitrogens with zero attached hydrogens (tertiary/aromatic N) is 4. The number of likely N-dealkylation sites (tertiary alicyclic amines) is 1. The zero-order valence-electron chi connectivity index (χ0n) is 15.5. The number of rotatable bonds is 6. The van der Waals surface area contributed by atoms with Crippen LogP contribution in [0.2, 0.25) is 0 Å².